The second-order valence-electron chi connectivity index (χ2n) is 6.30. The Labute approximate surface area is 160 Å². The fourth-order valence-electron chi connectivity index (χ4n) is 2.91. The standard InChI is InChI=1S/C18H22N2O5S2/c1-15-3-7-17(8-4-15)26(21,22)19-11-13-20(14-12-19)27(23,24)18-9-5-16(25-2)6-10-18/h3-10H,11-14H2,1-2H3. The maximum Gasteiger partial charge on any atom is 0.243 e. The van der Waals surface area contributed by atoms with Gasteiger partial charge in [-0.3, -0.25) is 0 Å². The molecule has 1 aliphatic rings. The number of sulfonamides is 2. The maximum atomic E-state index is 12.8. The first-order valence-electron chi connectivity index (χ1n) is 8.46. The van der Waals surface area contributed by atoms with E-state index in [1.807, 2.05) is 6.92 Å². The normalized spacial score (nSPS) is 17.0. The van der Waals surface area contributed by atoms with Gasteiger partial charge in [-0.15, -0.1) is 0 Å². The van der Waals surface area contributed by atoms with Crippen molar-refractivity contribution >= 4 is 20.0 Å². The molecule has 1 aliphatic heterocycles. The van der Waals surface area contributed by atoms with E-state index in [2.05, 4.69) is 0 Å². The quantitative estimate of drug-likeness (QED) is 0.749. The van der Waals surface area contributed by atoms with Crippen LogP contribution in [0.1, 0.15) is 5.56 Å². The number of methoxy groups -OCH3 is 1. The lowest BCUT2D eigenvalue weighted by atomic mass is 10.2. The number of hydrogen-bond acceptors (Lipinski definition) is 5. The molecule has 1 heterocycles. The molecule has 2 aromatic carbocycles. The van der Waals surface area contributed by atoms with Crippen LogP contribution in [0.4, 0.5) is 0 Å². The second kappa shape index (κ2) is 7.59. The highest BCUT2D eigenvalue weighted by Gasteiger charge is 2.33. The zero-order valence-corrected chi connectivity index (χ0v) is 16.8. The molecular formula is C18H22N2O5S2. The Bertz CT molecular complexity index is 993. The number of nitrogens with zero attached hydrogens (tertiary/aromatic N) is 2. The summed E-state index contributed by atoms with van der Waals surface area (Å²) in [5.74, 6) is 0.572. The molecule has 0 bridgehead atoms. The summed E-state index contributed by atoms with van der Waals surface area (Å²) >= 11 is 0. The van der Waals surface area contributed by atoms with Crippen molar-refractivity contribution in [3.8, 4) is 5.75 Å². The molecular weight excluding hydrogens is 388 g/mol. The minimum Gasteiger partial charge on any atom is -0.497 e. The summed E-state index contributed by atoms with van der Waals surface area (Å²) in [4.78, 5) is 0.387. The van der Waals surface area contributed by atoms with Crippen molar-refractivity contribution in [2.75, 3.05) is 33.3 Å². The topological polar surface area (TPSA) is 84.0 Å². The number of hydrogen-bond donors (Lipinski definition) is 0. The van der Waals surface area contributed by atoms with Gasteiger partial charge in [-0.25, -0.2) is 16.8 Å². The third-order valence-corrected chi connectivity index (χ3v) is 8.38. The first kappa shape index (κ1) is 19.8. The van der Waals surface area contributed by atoms with Crippen LogP contribution < -0.4 is 4.74 Å². The van der Waals surface area contributed by atoms with Crippen LogP contribution in [-0.4, -0.2) is 58.7 Å². The van der Waals surface area contributed by atoms with Crippen molar-refractivity contribution in [1.82, 2.24) is 8.61 Å². The fraction of sp³-hybridized carbons (Fsp3) is 0.333. The van der Waals surface area contributed by atoms with Crippen molar-refractivity contribution in [3.63, 3.8) is 0 Å². The van der Waals surface area contributed by atoms with Crippen LogP contribution in [0.15, 0.2) is 58.3 Å². The third kappa shape index (κ3) is 4.01. The maximum absolute atomic E-state index is 12.8. The van der Waals surface area contributed by atoms with Crippen LogP contribution in [0.3, 0.4) is 0 Å². The zero-order valence-electron chi connectivity index (χ0n) is 15.2. The van der Waals surface area contributed by atoms with E-state index in [0.29, 0.717) is 5.75 Å². The first-order chi connectivity index (χ1) is 12.7. The Morgan fingerprint density at radius 2 is 1.07 bits per heavy atom. The van der Waals surface area contributed by atoms with Gasteiger partial charge in [-0.2, -0.15) is 8.61 Å². The van der Waals surface area contributed by atoms with Gasteiger partial charge in [0.2, 0.25) is 20.0 Å². The molecule has 0 unspecified atom stereocenters. The van der Waals surface area contributed by atoms with E-state index < -0.39 is 20.0 Å². The molecule has 146 valence electrons. The van der Waals surface area contributed by atoms with Gasteiger partial charge in [0.1, 0.15) is 5.75 Å². The average molecular weight is 411 g/mol. The molecule has 0 saturated carbocycles. The smallest absolute Gasteiger partial charge is 0.243 e. The molecule has 0 amide bonds. The predicted octanol–water partition coefficient (Wildman–Crippen LogP) is 1.70. The summed E-state index contributed by atoms with van der Waals surface area (Å²) in [5.41, 5.74) is 0.976. The lowest BCUT2D eigenvalue weighted by molar-refractivity contribution is 0.273. The molecule has 1 fully saturated rings. The number of piperazine rings is 1. The van der Waals surface area contributed by atoms with Gasteiger partial charge in [0.25, 0.3) is 0 Å². The van der Waals surface area contributed by atoms with Gasteiger partial charge >= 0.3 is 0 Å². The number of benzene rings is 2. The lowest BCUT2D eigenvalue weighted by Crippen LogP contribution is -2.50. The van der Waals surface area contributed by atoms with Crippen LogP contribution >= 0.6 is 0 Å². The SMILES string of the molecule is COc1ccc(S(=O)(=O)N2CCN(S(=O)(=O)c3ccc(C)cc3)CC2)cc1. The van der Waals surface area contributed by atoms with E-state index in [1.54, 1.807) is 36.4 Å². The summed E-state index contributed by atoms with van der Waals surface area (Å²) < 4.78 is 58.7. The number of ether oxygens (including phenoxy) is 1. The van der Waals surface area contributed by atoms with Gasteiger partial charge < -0.3 is 4.74 Å². The Morgan fingerprint density at radius 3 is 1.44 bits per heavy atom. The van der Waals surface area contributed by atoms with Crippen molar-refractivity contribution in [2.24, 2.45) is 0 Å². The van der Waals surface area contributed by atoms with E-state index in [1.165, 1.54) is 27.9 Å². The first-order valence-corrected chi connectivity index (χ1v) is 11.3. The Hall–Kier alpha value is -1.94. The lowest BCUT2D eigenvalue weighted by Gasteiger charge is -2.33. The zero-order chi connectivity index (χ0) is 19.7. The highest BCUT2D eigenvalue weighted by atomic mass is 32.2. The summed E-state index contributed by atoms with van der Waals surface area (Å²) in [6, 6.07) is 12.8. The number of aryl methyl sites for hydroxylation is 1. The minimum absolute atomic E-state index is 0.111. The van der Waals surface area contributed by atoms with E-state index in [-0.39, 0.29) is 36.0 Å². The highest BCUT2D eigenvalue weighted by molar-refractivity contribution is 7.89. The molecule has 0 radical (unpaired) electrons. The van der Waals surface area contributed by atoms with E-state index in [4.69, 9.17) is 4.74 Å². The molecule has 0 atom stereocenters. The molecule has 3 rings (SSSR count). The van der Waals surface area contributed by atoms with Gasteiger partial charge in [0, 0.05) is 26.2 Å². The van der Waals surface area contributed by atoms with Crippen molar-refractivity contribution in [3.05, 3.63) is 54.1 Å². The van der Waals surface area contributed by atoms with Gasteiger partial charge in [0.15, 0.2) is 0 Å². The molecule has 2 aromatic rings. The number of rotatable bonds is 5. The summed E-state index contributed by atoms with van der Waals surface area (Å²) in [5, 5.41) is 0. The van der Waals surface area contributed by atoms with Crippen molar-refractivity contribution < 1.29 is 21.6 Å². The molecule has 1 saturated heterocycles. The van der Waals surface area contributed by atoms with Gasteiger partial charge in [0.05, 0.1) is 16.9 Å². The van der Waals surface area contributed by atoms with Crippen LogP contribution in [0.25, 0.3) is 0 Å². The molecule has 0 N–H and O–H groups in total. The Balaban J connectivity index is 1.73. The summed E-state index contributed by atoms with van der Waals surface area (Å²) in [6.07, 6.45) is 0. The van der Waals surface area contributed by atoms with Gasteiger partial charge in [-0.1, -0.05) is 17.7 Å². The van der Waals surface area contributed by atoms with E-state index in [0.717, 1.165) is 5.56 Å². The summed E-state index contributed by atoms with van der Waals surface area (Å²) in [7, 11) is -5.78. The van der Waals surface area contributed by atoms with E-state index >= 15 is 0 Å². The minimum atomic E-state index is -3.67. The predicted molar refractivity (Wildman–Crippen MR) is 102 cm³/mol. The van der Waals surface area contributed by atoms with Crippen LogP contribution in [0.5, 0.6) is 5.75 Å². The second-order valence-corrected chi connectivity index (χ2v) is 10.2. The van der Waals surface area contributed by atoms with Crippen LogP contribution in [0, 0.1) is 6.92 Å². The Morgan fingerprint density at radius 1 is 0.704 bits per heavy atom. The van der Waals surface area contributed by atoms with Crippen LogP contribution in [-0.2, 0) is 20.0 Å². The van der Waals surface area contributed by atoms with E-state index in [9.17, 15) is 16.8 Å². The Kier molecular flexibility index (Phi) is 5.57. The van der Waals surface area contributed by atoms with Crippen molar-refractivity contribution in [2.45, 2.75) is 16.7 Å². The highest BCUT2D eigenvalue weighted by Crippen LogP contribution is 2.23. The van der Waals surface area contributed by atoms with Crippen LogP contribution in [0.2, 0.25) is 0 Å². The molecule has 7 nitrogen and oxygen atoms in total. The molecule has 27 heavy (non-hydrogen) atoms. The van der Waals surface area contributed by atoms with Gasteiger partial charge in [-0.05, 0) is 43.3 Å². The summed E-state index contributed by atoms with van der Waals surface area (Å²) in [6.45, 7) is 2.34. The third-order valence-electron chi connectivity index (χ3n) is 4.55. The molecule has 0 aliphatic carbocycles. The largest absolute Gasteiger partial charge is 0.497 e. The average Bonchev–Trinajstić information content (AvgIpc) is 2.68. The monoisotopic (exact) mass is 410 g/mol. The fourth-order valence-corrected chi connectivity index (χ4v) is 5.75. The molecule has 9 heteroatoms. The molecule has 0 spiro atoms. The van der Waals surface area contributed by atoms with Crippen molar-refractivity contribution in [1.29, 1.82) is 0 Å². The molecule has 0 aromatic heterocycles.